The minimum atomic E-state index is -0.532. The molecule has 6 aromatic rings. The minimum absolute atomic E-state index is 0. The van der Waals surface area contributed by atoms with Gasteiger partial charge < -0.3 is 29.9 Å². The molecule has 10 nitrogen and oxygen atoms in total. The second-order valence-corrected chi connectivity index (χ2v) is 24.2. The average Bonchev–Trinajstić information content (AvgIpc) is 4.03. The molecule has 73 heavy (non-hydrogen) atoms. The van der Waals surface area contributed by atoms with E-state index < -0.39 is 5.41 Å². The quantitative estimate of drug-likeness (QED) is 0.107. The van der Waals surface area contributed by atoms with Crippen LogP contribution in [0.4, 0.5) is 0 Å². The number of aryl methyl sites for hydroxylation is 2. The monoisotopic (exact) mass is 1010 g/mol. The van der Waals surface area contributed by atoms with Gasteiger partial charge in [0.1, 0.15) is 11.2 Å². The summed E-state index contributed by atoms with van der Waals surface area (Å²) in [5, 5.41) is 22.1. The first-order valence-corrected chi connectivity index (χ1v) is 28.3. The number of nitrogens with zero attached hydrogens (tertiary/aromatic N) is 3. The van der Waals surface area contributed by atoms with Crippen LogP contribution in [0.3, 0.4) is 0 Å². The Hall–Kier alpha value is -2.97. The van der Waals surface area contributed by atoms with Gasteiger partial charge in [0.15, 0.2) is 0 Å². The van der Waals surface area contributed by atoms with Crippen molar-refractivity contribution in [2.75, 3.05) is 53.5 Å². The first-order valence-electron chi connectivity index (χ1n) is 28.3. The number of fused-ring (bicyclic) bond motifs is 12. The zero-order valence-corrected chi connectivity index (χ0v) is 48.4. The Morgan fingerprint density at radius 2 is 1.10 bits per heavy atom. The molecule has 4 N–H and O–H groups in total. The molecule has 12 aliphatic rings. The predicted molar refractivity (Wildman–Crippen MR) is 288 cm³/mol. The summed E-state index contributed by atoms with van der Waals surface area (Å²) in [6, 6.07) is 21.1. The van der Waals surface area contributed by atoms with Crippen molar-refractivity contribution >= 4 is 38.7 Å². The third-order valence-electron chi connectivity index (χ3n) is 20.5. The zero-order chi connectivity index (χ0) is 49.7. The summed E-state index contributed by atoms with van der Waals surface area (Å²) in [6.07, 6.45) is 15.0. The number of phenolic OH excluding ortho intramolecular Hbond substituents is 1. The minimum Gasteiger partial charge on any atom is -0.857 e. The van der Waals surface area contributed by atoms with Crippen LogP contribution in [0.2, 0.25) is 0 Å². The van der Waals surface area contributed by atoms with Gasteiger partial charge in [-0.25, -0.2) is 0 Å². The van der Waals surface area contributed by atoms with E-state index in [-0.39, 0.29) is 63.4 Å². The van der Waals surface area contributed by atoms with Crippen molar-refractivity contribution in [3.63, 3.8) is 0 Å². The van der Waals surface area contributed by atoms with Gasteiger partial charge >= 0.3 is 57.4 Å². The topological polar surface area (TPSA) is 127 Å². The normalized spacial score (nSPS) is 34.5. The molecule has 6 saturated heterocycles. The van der Waals surface area contributed by atoms with Gasteiger partial charge in [0.25, 0.3) is 0 Å². The third kappa shape index (κ3) is 8.59. The number of carbonyl (C=O) groups excluding carboxylic acids is 1. The van der Waals surface area contributed by atoms with Crippen molar-refractivity contribution in [3.05, 3.63) is 99.5 Å². The summed E-state index contributed by atoms with van der Waals surface area (Å²) in [6.45, 7) is 18.7. The number of hydrogen-bond acceptors (Lipinski definition) is 7. The predicted octanol–water partition coefficient (Wildman–Crippen LogP) is 7.41. The molecule has 9 fully saturated rings. The van der Waals surface area contributed by atoms with E-state index >= 15 is 0 Å². The van der Waals surface area contributed by atoms with Gasteiger partial charge in [0, 0.05) is 119 Å². The summed E-state index contributed by atoms with van der Waals surface area (Å²) in [5.41, 5.74) is 14.5. The maximum atomic E-state index is 13.3. The summed E-state index contributed by atoms with van der Waals surface area (Å²) in [5.74, 6) is 6.51. The van der Waals surface area contributed by atoms with Crippen LogP contribution < -0.4 is 56.5 Å². The van der Waals surface area contributed by atoms with Crippen LogP contribution in [0.5, 0.6) is 5.75 Å². The van der Waals surface area contributed by atoms with E-state index in [1.165, 1.54) is 133 Å². The Balaban J connectivity index is 0.000000116. The van der Waals surface area contributed by atoms with Gasteiger partial charge in [-0.3, -0.25) is 19.5 Å². The van der Waals surface area contributed by atoms with Gasteiger partial charge in [-0.1, -0.05) is 63.3 Å². The fourth-order valence-electron chi connectivity index (χ4n) is 17.9. The molecular weight excluding hydrogens is 932 g/mol. The number of aromatic hydroxyl groups is 1. The molecule has 3 aromatic carbocycles. The molecule has 12 heterocycles. The molecule has 15 atom stereocenters. The molecule has 0 spiro atoms. The maximum absolute atomic E-state index is 13.3. The molecular formula is C62H81KN6O4. The molecule has 11 heteroatoms. The number of aromatic nitrogens is 3. The number of esters is 1. The van der Waals surface area contributed by atoms with Gasteiger partial charge in [-0.05, 0) is 166 Å². The second-order valence-electron chi connectivity index (χ2n) is 24.2. The number of phenols is 1. The van der Waals surface area contributed by atoms with E-state index in [9.17, 15) is 9.90 Å². The van der Waals surface area contributed by atoms with Gasteiger partial charge in [0.05, 0.1) is 7.11 Å². The first kappa shape index (κ1) is 52.1. The summed E-state index contributed by atoms with van der Waals surface area (Å²) in [7, 11) is 2.31. The zero-order valence-electron chi connectivity index (χ0n) is 45.3. The number of benzene rings is 3. The molecule has 0 radical (unpaired) electrons. The van der Waals surface area contributed by atoms with Gasteiger partial charge in [0.2, 0.25) is 0 Å². The van der Waals surface area contributed by atoms with Crippen LogP contribution in [-0.2, 0) is 34.2 Å². The van der Waals surface area contributed by atoms with Crippen LogP contribution >= 0.6 is 0 Å². The number of hydrogen-bond donors (Lipinski definition) is 4. The van der Waals surface area contributed by atoms with Crippen molar-refractivity contribution < 1.29 is 71.1 Å². The molecule has 0 amide bonds. The largest absolute Gasteiger partial charge is 1.00 e. The number of H-pyrrole nitrogens is 3. The molecule has 3 saturated carbocycles. The molecule has 3 aromatic heterocycles. The average molecular weight is 1010 g/mol. The third-order valence-corrected chi connectivity index (χ3v) is 20.5. The number of rotatable bonds is 4. The Morgan fingerprint density at radius 3 is 1.64 bits per heavy atom. The number of carbonyl (C=O) groups is 1. The van der Waals surface area contributed by atoms with E-state index in [4.69, 9.17) is 9.84 Å². The van der Waals surface area contributed by atoms with E-state index in [1.807, 2.05) is 12.1 Å². The maximum Gasteiger partial charge on any atom is 1.00 e. The molecule has 384 valence electrons. The Kier molecular flexibility index (Phi) is 14.8. The number of aromatic amines is 3. The van der Waals surface area contributed by atoms with Crippen LogP contribution in [0.1, 0.15) is 135 Å². The van der Waals surface area contributed by atoms with E-state index in [0.29, 0.717) is 23.5 Å². The van der Waals surface area contributed by atoms with Crippen molar-refractivity contribution in [3.8, 4) is 5.75 Å². The van der Waals surface area contributed by atoms with Crippen LogP contribution in [0.15, 0.2) is 54.6 Å². The summed E-state index contributed by atoms with van der Waals surface area (Å²) < 4.78 is 5.46. The molecule has 12 bridgehead atoms. The Morgan fingerprint density at radius 1 is 0.630 bits per heavy atom. The SMILES string of the molecule is CC[C@H]1CC2CN3CCc4c([nH]c5ccc(C)cc45)[C@@](C(=O)OC)(C2)C13.CC[C@H]1CC2C[C@H]3c4[nH]c5ccc(C)cc5c4CCN(C2)C13.CC[C@H]1CC2C[C@H]3c4[nH]c5ccc(O)cc5c4CCN(C2)C13.C[O-].[K+]. The molecule has 18 rings (SSSR count). The number of nitrogens with one attached hydrogen (secondary N) is 3. The fourth-order valence-corrected chi connectivity index (χ4v) is 17.9. The van der Waals surface area contributed by atoms with Crippen molar-refractivity contribution in [1.82, 2.24) is 29.7 Å². The second kappa shape index (κ2) is 20.8. The van der Waals surface area contributed by atoms with Gasteiger partial charge in [-0.15, -0.1) is 0 Å². The smallest absolute Gasteiger partial charge is 0.857 e. The van der Waals surface area contributed by atoms with Crippen LogP contribution in [-0.4, -0.2) is 112 Å². The molecule has 9 unspecified atom stereocenters. The summed E-state index contributed by atoms with van der Waals surface area (Å²) >= 11 is 0. The van der Waals surface area contributed by atoms with Crippen molar-refractivity contribution in [2.24, 2.45) is 35.5 Å². The Bertz CT molecular complexity index is 2870. The number of methoxy groups -OCH3 is 1. The van der Waals surface area contributed by atoms with Crippen LogP contribution in [0, 0.1) is 49.4 Å². The number of piperidine rings is 6. The van der Waals surface area contributed by atoms with E-state index in [1.54, 1.807) is 24.4 Å². The Labute approximate surface area is 476 Å². The van der Waals surface area contributed by atoms with Gasteiger partial charge in [-0.2, -0.15) is 7.11 Å². The standard InChI is InChI=1S/C22H28N2O2.C20H26N2.C19H24N2O.CH3O.K/c1-4-15-10-14-11-22(21(25)26-3)19-16(7-8-24(12-14)20(15)22)17-9-13(2)5-6-18(17)23-19;1-3-14-9-13-10-17-19-15(6-7-22(11-13)20(14)17)16-8-12(2)4-5-18(16)21-19;1-2-12-7-11-8-16-18-14(5-6-21(10-11)19(12)16)15-9-13(22)3-4-17(15)20-18;1-2;/h5-6,9,14-15,20,23H,4,7-8,10-12H2,1-3H3;4-5,8,13-14,17,20-21H,3,6-7,9-11H2,1-2H3;3-4,9,11-12,16,19-20,22H,2,5-8,10H2,1H3;1H3;/q;;;-1;+1/t14?,15-,20?,22-;13?,14-,17-,20?;11?,12-,16-,19?;;/m000../s1. The fraction of sp³-hybridized carbons (Fsp3) is 0.597. The van der Waals surface area contributed by atoms with Crippen molar-refractivity contribution in [1.29, 1.82) is 0 Å². The molecule has 3 aliphatic carbocycles. The van der Waals surface area contributed by atoms with E-state index in [0.717, 1.165) is 98.8 Å². The first-order chi connectivity index (χ1) is 35.1. The summed E-state index contributed by atoms with van der Waals surface area (Å²) in [4.78, 5) is 32.8. The number of ether oxygens (including phenoxy) is 1. The molecule has 9 aliphatic heterocycles. The van der Waals surface area contributed by atoms with E-state index in [2.05, 4.69) is 101 Å². The van der Waals surface area contributed by atoms with Crippen LogP contribution in [0.25, 0.3) is 32.7 Å². The van der Waals surface area contributed by atoms with Crippen molar-refractivity contribution in [2.45, 2.75) is 147 Å².